The predicted molar refractivity (Wildman–Crippen MR) is 114 cm³/mol. The molecule has 0 aliphatic heterocycles. The molecule has 3 rings (SSSR count). The normalized spacial score (nSPS) is 12.1. The molecule has 29 heavy (non-hydrogen) atoms. The van der Waals surface area contributed by atoms with Gasteiger partial charge in [0.15, 0.2) is 0 Å². The third-order valence-corrected chi connectivity index (χ3v) is 5.19. The van der Waals surface area contributed by atoms with Gasteiger partial charge in [-0.2, -0.15) is 5.10 Å². The van der Waals surface area contributed by atoms with Crippen molar-refractivity contribution < 1.29 is 9.59 Å². The van der Waals surface area contributed by atoms with Crippen LogP contribution in [0, 0.1) is 12.8 Å². The number of halogens is 1. The molecule has 0 unspecified atom stereocenters. The molecule has 8 heteroatoms. The van der Waals surface area contributed by atoms with Gasteiger partial charge < -0.3 is 15.2 Å². The maximum Gasteiger partial charge on any atom is 0.239 e. The Morgan fingerprint density at radius 2 is 2.10 bits per heavy atom. The van der Waals surface area contributed by atoms with Crippen LogP contribution in [0.25, 0.3) is 10.9 Å². The van der Waals surface area contributed by atoms with Crippen molar-refractivity contribution in [3.05, 3.63) is 52.9 Å². The summed E-state index contributed by atoms with van der Waals surface area (Å²) in [4.78, 5) is 24.5. The fourth-order valence-corrected chi connectivity index (χ4v) is 3.32. The lowest BCUT2D eigenvalue weighted by Crippen LogP contribution is -2.38. The number of nitrogens with zero attached hydrogens (tertiary/aromatic N) is 2. The van der Waals surface area contributed by atoms with Crippen molar-refractivity contribution in [2.45, 2.75) is 33.2 Å². The summed E-state index contributed by atoms with van der Waals surface area (Å²) in [6.07, 6.45) is 5.38. The number of fused-ring (bicyclic) bond motifs is 1. The summed E-state index contributed by atoms with van der Waals surface area (Å²) in [5, 5.41) is 14.3. The van der Waals surface area contributed by atoms with Crippen molar-refractivity contribution in [1.82, 2.24) is 25.4 Å². The van der Waals surface area contributed by atoms with Crippen molar-refractivity contribution in [3.63, 3.8) is 0 Å². The van der Waals surface area contributed by atoms with Crippen LogP contribution in [-0.4, -0.2) is 39.7 Å². The van der Waals surface area contributed by atoms with Gasteiger partial charge in [0.25, 0.3) is 0 Å². The number of H-pyrrole nitrogens is 1. The fourth-order valence-electron chi connectivity index (χ4n) is 3.16. The second-order valence-electron chi connectivity index (χ2n) is 7.27. The predicted octanol–water partition coefficient (Wildman–Crippen LogP) is 2.83. The van der Waals surface area contributed by atoms with E-state index in [0.717, 1.165) is 29.4 Å². The van der Waals surface area contributed by atoms with Crippen LogP contribution in [0.3, 0.4) is 0 Å². The Hall–Kier alpha value is -2.80. The van der Waals surface area contributed by atoms with E-state index in [-0.39, 0.29) is 24.3 Å². The zero-order valence-electron chi connectivity index (χ0n) is 16.7. The van der Waals surface area contributed by atoms with Crippen molar-refractivity contribution in [2.75, 3.05) is 13.1 Å². The second-order valence-corrected chi connectivity index (χ2v) is 7.70. The molecule has 2 amide bonds. The van der Waals surface area contributed by atoms with E-state index in [1.54, 1.807) is 6.92 Å². The number of nitrogens with one attached hydrogen (secondary N) is 3. The lowest BCUT2D eigenvalue weighted by Gasteiger charge is -2.14. The molecule has 0 aliphatic carbocycles. The van der Waals surface area contributed by atoms with Crippen LogP contribution < -0.4 is 10.6 Å². The van der Waals surface area contributed by atoms with Gasteiger partial charge in [0.1, 0.15) is 6.54 Å². The minimum absolute atomic E-state index is 0.0626. The number of aromatic nitrogens is 3. The largest absolute Gasteiger partial charge is 0.356 e. The van der Waals surface area contributed by atoms with Crippen LogP contribution in [0.5, 0.6) is 0 Å². The zero-order chi connectivity index (χ0) is 20.8. The third kappa shape index (κ3) is 5.60. The Morgan fingerprint density at radius 1 is 1.28 bits per heavy atom. The molecule has 0 spiro atoms. The maximum atomic E-state index is 12.3. The van der Waals surface area contributed by atoms with Crippen molar-refractivity contribution in [1.29, 1.82) is 0 Å². The second kappa shape index (κ2) is 9.60. The number of carbonyl (C=O) groups excluding carboxylic acids is 2. The maximum absolute atomic E-state index is 12.3. The average molecular weight is 416 g/mol. The summed E-state index contributed by atoms with van der Waals surface area (Å²) in [6, 6.07) is 7.53. The number of benzene rings is 1. The first kappa shape index (κ1) is 20.9. The molecule has 0 fully saturated rings. The Morgan fingerprint density at radius 3 is 2.86 bits per heavy atom. The van der Waals surface area contributed by atoms with Crippen molar-refractivity contribution >= 4 is 34.3 Å². The Bertz CT molecular complexity index is 994. The standard InChI is InChI=1S/C21H26ClN5O2/c1-14(21(29)23-8-3-4-17-12-25-26-15(17)2)11-24-20(28)13-27-9-7-16-5-6-18(22)10-19(16)27/h5-7,9-10,12,14H,3-4,8,11,13H2,1-2H3,(H,23,29)(H,24,28)(H,25,26)/t14-/m1/s1. The highest BCUT2D eigenvalue weighted by Crippen LogP contribution is 2.20. The van der Waals surface area contributed by atoms with Gasteiger partial charge in [0.05, 0.1) is 12.1 Å². The van der Waals surface area contributed by atoms with E-state index in [9.17, 15) is 9.59 Å². The van der Waals surface area contributed by atoms with E-state index in [0.29, 0.717) is 18.1 Å². The molecule has 2 heterocycles. The monoisotopic (exact) mass is 415 g/mol. The molecule has 154 valence electrons. The molecule has 0 saturated carbocycles. The number of amides is 2. The van der Waals surface area contributed by atoms with E-state index in [4.69, 9.17) is 11.6 Å². The number of hydrogen-bond acceptors (Lipinski definition) is 3. The van der Waals surface area contributed by atoms with Crippen LogP contribution in [0.4, 0.5) is 0 Å². The minimum atomic E-state index is -0.300. The molecule has 2 aromatic heterocycles. The van der Waals surface area contributed by atoms with Gasteiger partial charge in [-0.05, 0) is 48.9 Å². The summed E-state index contributed by atoms with van der Waals surface area (Å²) >= 11 is 6.05. The number of carbonyl (C=O) groups is 2. The highest BCUT2D eigenvalue weighted by Gasteiger charge is 2.14. The van der Waals surface area contributed by atoms with Gasteiger partial charge >= 0.3 is 0 Å². The zero-order valence-corrected chi connectivity index (χ0v) is 17.4. The highest BCUT2D eigenvalue weighted by atomic mass is 35.5. The van der Waals surface area contributed by atoms with Crippen LogP contribution in [-0.2, 0) is 22.6 Å². The molecule has 0 radical (unpaired) electrons. The molecule has 0 bridgehead atoms. The average Bonchev–Trinajstić information content (AvgIpc) is 3.29. The summed E-state index contributed by atoms with van der Waals surface area (Å²) in [6.45, 7) is 4.86. The van der Waals surface area contributed by atoms with Crippen LogP contribution in [0.15, 0.2) is 36.7 Å². The number of aryl methyl sites for hydroxylation is 2. The lowest BCUT2D eigenvalue weighted by molar-refractivity contribution is -0.125. The van der Waals surface area contributed by atoms with Crippen molar-refractivity contribution in [2.24, 2.45) is 5.92 Å². The molecule has 7 nitrogen and oxygen atoms in total. The van der Waals surface area contributed by atoms with E-state index in [1.165, 1.54) is 5.56 Å². The van der Waals surface area contributed by atoms with E-state index >= 15 is 0 Å². The molecular formula is C21H26ClN5O2. The first-order chi connectivity index (χ1) is 13.9. The Labute approximate surface area is 174 Å². The number of rotatable bonds is 9. The Kier molecular flexibility index (Phi) is 6.93. The topological polar surface area (TPSA) is 91.8 Å². The summed E-state index contributed by atoms with van der Waals surface area (Å²) in [5.74, 6) is -0.504. The Balaban J connectivity index is 1.39. The molecule has 3 N–H and O–H groups in total. The summed E-state index contributed by atoms with van der Waals surface area (Å²) in [7, 11) is 0. The molecule has 1 atom stereocenters. The highest BCUT2D eigenvalue weighted by molar-refractivity contribution is 6.31. The quantitative estimate of drug-likeness (QED) is 0.469. The van der Waals surface area contributed by atoms with Gasteiger partial charge in [0, 0.05) is 35.5 Å². The molecule has 3 aromatic rings. The smallest absolute Gasteiger partial charge is 0.239 e. The van der Waals surface area contributed by atoms with Crippen LogP contribution >= 0.6 is 11.6 Å². The van der Waals surface area contributed by atoms with Crippen molar-refractivity contribution in [3.8, 4) is 0 Å². The van der Waals surface area contributed by atoms with Gasteiger partial charge in [-0.15, -0.1) is 0 Å². The summed E-state index contributed by atoms with van der Waals surface area (Å²) < 4.78 is 1.85. The lowest BCUT2D eigenvalue weighted by atomic mass is 10.1. The third-order valence-electron chi connectivity index (χ3n) is 4.96. The first-order valence-corrected chi connectivity index (χ1v) is 10.1. The summed E-state index contributed by atoms with van der Waals surface area (Å²) in [5.41, 5.74) is 3.13. The molecular weight excluding hydrogens is 390 g/mol. The van der Waals surface area contributed by atoms with E-state index < -0.39 is 0 Å². The molecule has 0 saturated heterocycles. The van der Waals surface area contributed by atoms with Gasteiger partial charge in [-0.3, -0.25) is 14.7 Å². The van der Waals surface area contributed by atoms with E-state index in [1.807, 2.05) is 48.1 Å². The first-order valence-electron chi connectivity index (χ1n) is 9.71. The SMILES string of the molecule is Cc1[nH]ncc1CCCNC(=O)[C@H](C)CNC(=O)Cn1ccc2ccc(Cl)cc21. The number of aromatic amines is 1. The minimum Gasteiger partial charge on any atom is -0.356 e. The van der Waals surface area contributed by atoms with Crippen LogP contribution in [0.2, 0.25) is 5.02 Å². The molecule has 1 aromatic carbocycles. The van der Waals surface area contributed by atoms with Gasteiger partial charge in [-0.1, -0.05) is 24.6 Å². The molecule has 0 aliphatic rings. The van der Waals surface area contributed by atoms with Gasteiger partial charge in [-0.25, -0.2) is 0 Å². The van der Waals surface area contributed by atoms with Crippen LogP contribution in [0.1, 0.15) is 24.6 Å². The van der Waals surface area contributed by atoms with Gasteiger partial charge in [0.2, 0.25) is 11.8 Å². The van der Waals surface area contributed by atoms with E-state index in [2.05, 4.69) is 20.8 Å². The number of hydrogen-bond donors (Lipinski definition) is 3. The fraction of sp³-hybridized carbons (Fsp3) is 0.381.